The molecule has 84 valence electrons. The summed E-state index contributed by atoms with van der Waals surface area (Å²) in [6, 6.07) is 4.41. The largest absolute Gasteiger partial charge is 0.462 e. The summed E-state index contributed by atoms with van der Waals surface area (Å²) in [4.78, 5) is 11.6. The molecule has 2 rings (SSSR count). The SMILES string of the molecule is CCOC(=O)c1ccc2c(c1)C=CS2(=O)=O. The second kappa shape index (κ2) is 3.75. The van der Waals surface area contributed by atoms with Crippen molar-refractivity contribution in [1.82, 2.24) is 0 Å². The Kier molecular flexibility index (Phi) is 2.55. The predicted octanol–water partition coefficient (Wildman–Crippen LogP) is 1.62. The van der Waals surface area contributed by atoms with Gasteiger partial charge in [0.15, 0.2) is 9.84 Å². The lowest BCUT2D eigenvalue weighted by Gasteiger charge is -2.03. The summed E-state index contributed by atoms with van der Waals surface area (Å²) in [7, 11) is -3.29. The van der Waals surface area contributed by atoms with Gasteiger partial charge in [0.25, 0.3) is 0 Å². The Bertz CT molecular complexity index is 570. The van der Waals surface area contributed by atoms with Crippen molar-refractivity contribution in [2.75, 3.05) is 6.61 Å². The van der Waals surface area contributed by atoms with E-state index in [1.807, 2.05) is 0 Å². The molecule has 1 aliphatic rings. The number of hydrogen-bond donors (Lipinski definition) is 0. The molecule has 0 unspecified atom stereocenters. The molecular weight excluding hydrogens is 228 g/mol. The van der Waals surface area contributed by atoms with E-state index >= 15 is 0 Å². The molecule has 0 aromatic heterocycles. The summed E-state index contributed by atoms with van der Waals surface area (Å²) in [6.45, 7) is 2.01. The van der Waals surface area contributed by atoms with E-state index in [9.17, 15) is 13.2 Å². The fourth-order valence-electron chi connectivity index (χ4n) is 1.52. The van der Waals surface area contributed by atoms with Crippen molar-refractivity contribution < 1.29 is 17.9 Å². The molecule has 0 amide bonds. The highest BCUT2D eigenvalue weighted by molar-refractivity contribution is 7.94. The van der Waals surface area contributed by atoms with Crippen LogP contribution in [0.25, 0.3) is 6.08 Å². The van der Waals surface area contributed by atoms with Gasteiger partial charge in [0.2, 0.25) is 0 Å². The molecule has 0 N–H and O–H groups in total. The molecule has 0 saturated heterocycles. The predicted molar refractivity (Wildman–Crippen MR) is 58.6 cm³/mol. The molecule has 0 fully saturated rings. The lowest BCUT2D eigenvalue weighted by molar-refractivity contribution is 0.0526. The van der Waals surface area contributed by atoms with E-state index in [-0.39, 0.29) is 4.90 Å². The molecule has 0 radical (unpaired) electrons. The van der Waals surface area contributed by atoms with Crippen LogP contribution in [0.5, 0.6) is 0 Å². The Labute approximate surface area is 93.5 Å². The Morgan fingerprint density at radius 1 is 1.38 bits per heavy atom. The van der Waals surface area contributed by atoms with Crippen molar-refractivity contribution in [2.24, 2.45) is 0 Å². The van der Waals surface area contributed by atoms with Crippen LogP contribution in [0.4, 0.5) is 0 Å². The van der Waals surface area contributed by atoms with E-state index in [2.05, 4.69) is 0 Å². The first kappa shape index (κ1) is 10.9. The van der Waals surface area contributed by atoms with E-state index in [4.69, 9.17) is 4.74 Å². The standard InChI is InChI=1S/C11H10O4S/c1-2-15-11(12)9-3-4-10-8(7-9)5-6-16(10,13)14/h3-7H,2H2,1H3. The zero-order valence-corrected chi connectivity index (χ0v) is 9.45. The zero-order chi connectivity index (χ0) is 11.8. The lowest BCUT2D eigenvalue weighted by Crippen LogP contribution is -2.05. The van der Waals surface area contributed by atoms with Crippen LogP contribution in [0.2, 0.25) is 0 Å². The van der Waals surface area contributed by atoms with E-state index in [1.165, 1.54) is 24.3 Å². The van der Waals surface area contributed by atoms with Crippen LogP contribution in [-0.4, -0.2) is 21.0 Å². The molecule has 16 heavy (non-hydrogen) atoms. The van der Waals surface area contributed by atoms with Crippen LogP contribution >= 0.6 is 0 Å². The minimum atomic E-state index is -3.29. The van der Waals surface area contributed by atoms with E-state index in [0.717, 1.165) is 5.41 Å². The number of esters is 1. The normalized spacial score (nSPS) is 15.8. The molecule has 1 heterocycles. The van der Waals surface area contributed by atoms with Crippen LogP contribution < -0.4 is 0 Å². The molecular formula is C11H10O4S. The summed E-state index contributed by atoms with van der Waals surface area (Å²) >= 11 is 0. The summed E-state index contributed by atoms with van der Waals surface area (Å²) < 4.78 is 27.7. The summed E-state index contributed by atoms with van der Waals surface area (Å²) in [6.07, 6.45) is 1.48. The zero-order valence-electron chi connectivity index (χ0n) is 8.64. The number of carbonyl (C=O) groups is 1. The van der Waals surface area contributed by atoms with Gasteiger partial charge in [-0.2, -0.15) is 0 Å². The molecule has 1 aromatic carbocycles. The molecule has 0 saturated carbocycles. The second-order valence-electron chi connectivity index (χ2n) is 3.32. The maximum atomic E-state index is 11.5. The second-order valence-corrected chi connectivity index (χ2v) is 5.12. The van der Waals surface area contributed by atoms with Crippen LogP contribution in [0.3, 0.4) is 0 Å². The van der Waals surface area contributed by atoms with Crippen molar-refractivity contribution in [3.8, 4) is 0 Å². The van der Waals surface area contributed by atoms with E-state index in [1.54, 1.807) is 6.92 Å². The molecule has 0 atom stereocenters. The highest BCUT2D eigenvalue weighted by Crippen LogP contribution is 2.27. The van der Waals surface area contributed by atoms with Crippen LogP contribution in [0.1, 0.15) is 22.8 Å². The topological polar surface area (TPSA) is 60.4 Å². The van der Waals surface area contributed by atoms with Crippen LogP contribution in [0.15, 0.2) is 28.5 Å². The molecule has 1 aliphatic heterocycles. The third-order valence-electron chi connectivity index (χ3n) is 2.25. The average molecular weight is 238 g/mol. The minimum Gasteiger partial charge on any atom is -0.462 e. The first-order valence-corrected chi connectivity index (χ1v) is 6.33. The highest BCUT2D eigenvalue weighted by atomic mass is 32.2. The molecule has 1 aromatic rings. The quantitative estimate of drug-likeness (QED) is 0.734. The fraction of sp³-hybridized carbons (Fsp3) is 0.182. The van der Waals surface area contributed by atoms with Gasteiger partial charge in [-0.3, -0.25) is 0 Å². The van der Waals surface area contributed by atoms with Gasteiger partial charge < -0.3 is 4.74 Å². The van der Waals surface area contributed by atoms with E-state index in [0.29, 0.717) is 17.7 Å². The van der Waals surface area contributed by atoms with Gasteiger partial charge in [0, 0.05) is 5.41 Å². The third kappa shape index (κ3) is 1.74. The third-order valence-corrected chi connectivity index (χ3v) is 3.73. The first-order valence-electron chi connectivity index (χ1n) is 4.79. The first-order chi connectivity index (χ1) is 7.54. The van der Waals surface area contributed by atoms with Crippen molar-refractivity contribution in [3.05, 3.63) is 34.7 Å². The number of fused-ring (bicyclic) bond motifs is 1. The smallest absolute Gasteiger partial charge is 0.338 e. The number of ether oxygens (including phenoxy) is 1. The van der Waals surface area contributed by atoms with Gasteiger partial charge in [-0.1, -0.05) is 0 Å². The Hall–Kier alpha value is -1.62. The van der Waals surface area contributed by atoms with Crippen molar-refractivity contribution >= 4 is 21.9 Å². The fourth-order valence-corrected chi connectivity index (χ4v) is 2.70. The molecule has 5 heteroatoms. The highest BCUT2D eigenvalue weighted by Gasteiger charge is 2.21. The monoisotopic (exact) mass is 238 g/mol. The molecule has 4 nitrogen and oxygen atoms in total. The summed E-state index contributed by atoms with van der Waals surface area (Å²) in [5.74, 6) is -0.442. The average Bonchev–Trinajstić information content (AvgIpc) is 2.55. The van der Waals surface area contributed by atoms with Gasteiger partial charge in [-0.15, -0.1) is 0 Å². The summed E-state index contributed by atoms with van der Waals surface area (Å²) in [5, 5.41) is 1.13. The van der Waals surface area contributed by atoms with Gasteiger partial charge in [0.05, 0.1) is 17.1 Å². The van der Waals surface area contributed by atoms with Crippen LogP contribution in [-0.2, 0) is 14.6 Å². The number of carbonyl (C=O) groups excluding carboxylic acids is 1. The number of benzene rings is 1. The van der Waals surface area contributed by atoms with Crippen molar-refractivity contribution in [2.45, 2.75) is 11.8 Å². The van der Waals surface area contributed by atoms with Gasteiger partial charge in [-0.05, 0) is 36.8 Å². The Balaban J connectivity index is 2.43. The van der Waals surface area contributed by atoms with Gasteiger partial charge in [0.1, 0.15) is 0 Å². The maximum absolute atomic E-state index is 11.5. The van der Waals surface area contributed by atoms with E-state index < -0.39 is 15.8 Å². The lowest BCUT2D eigenvalue weighted by atomic mass is 10.1. The van der Waals surface area contributed by atoms with Crippen molar-refractivity contribution in [3.63, 3.8) is 0 Å². The molecule has 0 spiro atoms. The Morgan fingerprint density at radius 2 is 2.12 bits per heavy atom. The van der Waals surface area contributed by atoms with Crippen LogP contribution in [0, 0.1) is 0 Å². The molecule has 0 aliphatic carbocycles. The number of hydrogen-bond acceptors (Lipinski definition) is 4. The minimum absolute atomic E-state index is 0.237. The van der Waals surface area contributed by atoms with Crippen molar-refractivity contribution in [1.29, 1.82) is 0 Å². The summed E-state index contributed by atoms with van der Waals surface area (Å²) in [5.41, 5.74) is 0.896. The number of sulfone groups is 1. The molecule has 0 bridgehead atoms. The van der Waals surface area contributed by atoms with Gasteiger partial charge >= 0.3 is 5.97 Å². The Morgan fingerprint density at radius 3 is 2.81 bits per heavy atom. The maximum Gasteiger partial charge on any atom is 0.338 e. The number of rotatable bonds is 2. The van der Waals surface area contributed by atoms with Gasteiger partial charge in [-0.25, -0.2) is 13.2 Å².